The summed E-state index contributed by atoms with van der Waals surface area (Å²) in [4.78, 5) is 2.51. The van der Waals surface area contributed by atoms with Crippen molar-refractivity contribution in [2.45, 2.75) is 31.7 Å². The summed E-state index contributed by atoms with van der Waals surface area (Å²) in [6, 6.07) is 26.7. The molecule has 4 aromatic rings. The van der Waals surface area contributed by atoms with E-state index in [1.54, 1.807) is 12.1 Å². The number of sulfonamides is 1. The minimum absolute atomic E-state index is 0.181. The van der Waals surface area contributed by atoms with Crippen LogP contribution in [0.15, 0.2) is 101 Å². The molecule has 3 aromatic carbocycles. The number of nitrogens with zero attached hydrogens (tertiary/aromatic N) is 3. The highest BCUT2D eigenvalue weighted by molar-refractivity contribution is 7.89. The second-order valence-electron chi connectivity index (χ2n) is 8.58. The average Bonchev–Trinajstić information content (AvgIpc) is 3.22. The summed E-state index contributed by atoms with van der Waals surface area (Å²) in [5.41, 5.74) is 4.61. The number of benzene rings is 3. The van der Waals surface area contributed by atoms with Gasteiger partial charge in [0.2, 0.25) is 0 Å². The molecule has 7 heteroatoms. The summed E-state index contributed by atoms with van der Waals surface area (Å²) in [6.45, 7) is 4.86. The zero-order valence-corrected chi connectivity index (χ0v) is 20.1. The van der Waals surface area contributed by atoms with Gasteiger partial charge in [0.05, 0.1) is 17.7 Å². The lowest BCUT2D eigenvalue weighted by Crippen LogP contribution is -2.18. The molecular formula is C27H28N4O2S. The van der Waals surface area contributed by atoms with Gasteiger partial charge in [0, 0.05) is 17.3 Å². The molecule has 0 atom stereocenters. The Bertz CT molecular complexity index is 1350. The highest BCUT2D eigenvalue weighted by Gasteiger charge is 2.14. The van der Waals surface area contributed by atoms with E-state index >= 15 is 0 Å². The monoisotopic (exact) mass is 472 g/mol. The molecule has 0 aliphatic rings. The molecule has 1 heterocycles. The summed E-state index contributed by atoms with van der Waals surface area (Å²) in [5.74, 6) is 0.506. The third-order valence-corrected chi connectivity index (χ3v) is 6.52. The van der Waals surface area contributed by atoms with Gasteiger partial charge in [0.25, 0.3) is 10.0 Å². The van der Waals surface area contributed by atoms with Gasteiger partial charge in [-0.05, 0) is 35.6 Å². The van der Waals surface area contributed by atoms with Crippen molar-refractivity contribution >= 4 is 16.2 Å². The molecule has 0 spiro atoms. The molecular weight excluding hydrogens is 444 g/mol. The van der Waals surface area contributed by atoms with Gasteiger partial charge < -0.3 is 0 Å². The summed E-state index contributed by atoms with van der Waals surface area (Å²) < 4.78 is 27.3. The van der Waals surface area contributed by atoms with E-state index in [2.05, 4.69) is 23.8 Å². The van der Waals surface area contributed by atoms with Crippen molar-refractivity contribution < 1.29 is 8.42 Å². The number of hydrogen-bond donors (Lipinski definition) is 1. The lowest BCUT2D eigenvalue weighted by Gasteiger charge is -2.07. The van der Waals surface area contributed by atoms with Gasteiger partial charge >= 0.3 is 0 Å². The maximum atomic E-state index is 12.7. The van der Waals surface area contributed by atoms with E-state index in [4.69, 9.17) is 5.10 Å². The molecule has 0 amide bonds. The average molecular weight is 473 g/mol. The quantitative estimate of drug-likeness (QED) is 0.272. The Morgan fingerprint density at radius 3 is 2.21 bits per heavy atom. The van der Waals surface area contributed by atoms with Crippen LogP contribution in [0.3, 0.4) is 0 Å². The van der Waals surface area contributed by atoms with Crippen molar-refractivity contribution in [2.24, 2.45) is 11.0 Å². The number of hydrazone groups is 1. The summed E-state index contributed by atoms with van der Waals surface area (Å²) >= 11 is 0. The van der Waals surface area contributed by atoms with Crippen LogP contribution in [0.5, 0.6) is 0 Å². The largest absolute Gasteiger partial charge is 0.276 e. The fourth-order valence-electron chi connectivity index (χ4n) is 3.70. The molecule has 0 bridgehead atoms. The third kappa shape index (κ3) is 5.99. The second kappa shape index (κ2) is 10.5. The Morgan fingerprint density at radius 1 is 0.912 bits per heavy atom. The first-order chi connectivity index (χ1) is 16.4. The molecule has 0 saturated carbocycles. The van der Waals surface area contributed by atoms with Gasteiger partial charge in [-0.3, -0.25) is 4.68 Å². The zero-order valence-electron chi connectivity index (χ0n) is 19.3. The van der Waals surface area contributed by atoms with E-state index in [0.29, 0.717) is 12.5 Å². The van der Waals surface area contributed by atoms with Crippen molar-refractivity contribution in [1.82, 2.24) is 14.6 Å². The van der Waals surface area contributed by atoms with Crippen LogP contribution in [0.4, 0.5) is 0 Å². The minimum Gasteiger partial charge on any atom is -0.267 e. The Kier molecular flexibility index (Phi) is 7.23. The van der Waals surface area contributed by atoms with Crippen LogP contribution in [0.2, 0.25) is 0 Å². The summed E-state index contributed by atoms with van der Waals surface area (Å²) in [5, 5.41) is 8.78. The first-order valence-electron chi connectivity index (χ1n) is 11.2. The van der Waals surface area contributed by atoms with Gasteiger partial charge in [0.15, 0.2) is 0 Å². The second-order valence-corrected chi connectivity index (χ2v) is 10.2. The summed E-state index contributed by atoms with van der Waals surface area (Å²) in [6.07, 6.45) is 4.27. The smallest absolute Gasteiger partial charge is 0.267 e. The van der Waals surface area contributed by atoms with Crippen LogP contribution >= 0.6 is 0 Å². The van der Waals surface area contributed by atoms with Crippen molar-refractivity contribution in [2.75, 3.05) is 0 Å². The zero-order chi connectivity index (χ0) is 24.0. The molecule has 1 aromatic heterocycles. The first kappa shape index (κ1) is 23.4. The highest BCUT2D eigenvalue weighted by atomic mass is 32.2. The molecule has 4 rings (SSSR count). The van der Waals surface area contributed by atoms with E-state index in [-0.39, 0.29) is 4.90 Å². The summed E-state index contributed by atoms with van der Waals surface area (Å²) in [7, 11) is -3.77. The first-order valence-corrected chi connectivity index (χ1v) is 12.7. The van der Waals surface area contributed by atoms with Gasteiger partial charge in [-0.2, -0.15) is 18.6 Å². The molecule has 0 fully saturated rings. The maximum Gasteiger partial charge on any atom is 0.276 e. The molecule has 6 nitrogen and oxygen atoms in total. The van der Waals surface area contributed by atoms with Crippen molar-refractivity contribution in [3.05, 3.63) is 108 Å². The fourth-order valence-corrected chi connectivity index (χ4v) is 4.49. The Morgan fingerprint density at radius 2 is 1.56 bits per heavy atom. The van der Waals surface area contributed by atoms with Crippen LogP contribution in [-0.2, 0) is 23.0 Å². The van der Waals surface area contributed by atoms with E-state index in [1.807, 2.05) is 83.7 Å². The van der Waals surface area contributed by atoms with Gasteiger partial charge in [-0.1, -0.05) is 86.6 Å². The van der Waals surface area contributed by atoms with Gasteiger partial charge in [0.1, 0.15) is 5.69 Å². The van der Waals surface area contributed by atoms with Crippen LogP contribution in [0.25, 0.3) is 11.3 Å². The molecule has 0 aliphatic heterocycles. The molecule has 0 saturated heterocycles. The van der Waals surface area contributed by atoms with E-state index in [0.717, 1.165) is 34.4 Å². The Hall–Kier alpha value is -3.71. The SMILES string of the molecule is CC(C)Cc1ccc(S(=O)(=O)N/N=C/c2cn(Cc3ccccc3)nc2-c2ccccc2)cc1. The van der Waals surface area contributed by atoms with Crippen LogP contribution in [-0.4, -0.2) is 24.4 Å². The molecule has 0 unspecified atom stereocenters. The number of rotatable bonds is 9. The van der Waals surface area contributed by atoms with Gasteiger partial charge in [-0.25, -0.2) is 4.83 Å². The Balaban J connectivity index is 1.55. The lowest BCUT2D eigenvalue weighted by molar-refractivity contribution is 0.584. The van der Waals surface area contributed by atoms with Crippen molar-refractivity contribution in [1.29, 1.82) is 0 Å². The predicted octanol–water partition coefficient (Wildman–Crippen LogP) is 5.11. The molecule has 174 valence electrons. The van der Waals surface area contributed by atoms with Crippen molar-refractivity contribution in [3.63, 3.8) is 0 Å². The Labute approximate surface area is 201 Å². The fraction of sp³-hybridized carbons (Fsp3) is 0.185. The van der Waals surface area contributed by atoms with E-state index in [9.17, 15) is 8.42 Å². The normalized spacial score (nSPS) is 11.9. The van der Waals surface area contributed by atoms with Crippen LogP contribution in [0, 0.1) is 5.92 Å². The molecule has 0 radical (unpaired) electrons. The minimum atomic E-state index is -3.77. The number of hydrogen-bond acceptors (Lipinski definition) is 4. The van der Waals surface area contributed by atoms with Crippen LogP contribution in [0.1, 0.15) is 30.5 Å². The molecule has 34 heavy (non-hydrogen) atoms. The number of aromatic nitrogens is 2. The standard InChI is InChI=1S/C27H28N4O2S/c1-21(2)17-22-13-15-26(16-14-22)34(32,33)30-28-18-25-20-31(19-23-9-5-3-6-10-23)29-27(25)24-11-7-4-8-12-24/h3-16,18,20-21,30H,17,19H2,1-2H3/b28-18+. The van der Waals surface area contributed by atoms with E-state index in [1.165, 1.54) is 6.21 Å². The number of nitrogens with one attached hydrogen (secondary N) is 1. The van der Waals surface area contributed by atoms with Crippen LogP contribution < -0.4 is 4.83 Å². The predicted molar refractivity (Wildman–Crippen MR) is 136 cm³/mol. The third-order valence-electron chi connectivity index (χ3n) is 5.28. The molecule has 1 N–H and O–H groups in total. The van der Waals surface area contributed by atoms with Crippen molar-refractivity contribution in [3.8, 4) is 11.3 Å². The molecule has 0 aliphatic carbocycles. The van der Waals surface area contributed by atoms with Gasteiger partial charge in [-0.15, -0.1) is 0 Å². The highest BCUT2D eigenvalue weighted by Crippen LogP contribution is 2.21. The lowest BCUT2D eigenvalue weighted by atomic mass is 10.0. The topological polar surface area (TPSA) is 76.3 Å². The maximum absolute atomic E-state index is 12.7. The van der Waals surface area contributed by atoms with E-state index < -0.39 is 10.0 Å².